The lowest BCUT2D eigenvalue weighted by molar-refractivity contribution is -0.146. The normalized spacial score (nSPS) is 13.1. The number of carbonyl (C=O) groups excluding carboxylic acids is 1. The molecule has 0 radical (unpaired) electrons. The van der Waals surface area contributed by atoms with E-state index in [9.17, 15) is 13.2 Å². The first-order valence-corrected chi connectivity index (χ1v) is 7.55. The van der Waals surface area contributed by atoms with Gasteiger partial charge in [-0.2, -0.15) is 0 Å². The molecule has 4 nitrogen and oxygen atoms in total. The van der Waals surface area contributed by atoms with Crippen molar-refractivity contribution in [1.29, 1.82) is 0 Å². The van der Waals surface area contributed by atoms with Gasteiger partial charge >= 0.3 is 5.97 Å². The highest BCUT2D eigenvalue weighted by molar-refractivity contribution is 7.91. The molecule has 0 heterocycles. The Labute approximate surface area is 112 Å². The van der Waals surface area contributed by atoms with E-state index < -0.39 is 21.7 Å². The van der Waals surface area contributed by atoms with Crippen LogP contribution >= 0.6 is 11.6 Å². The van der Waals surface area contributed by atoms with Gasteiger partial charge in [-0.3, -0.25) is 4.79 Å². The summed E-state index contributed by atoms with van der Waals surface area (Å²) in [5, 5.41) is 0.161. The van der Waals surface area contributed by atoms with Gasteiger partial charge < -0.3 is 4.74 Å². The van der Waals surface area contributed by atoms with Crippen LogP contribution in [0.2, 0.25) is 5.02 Å². The van der Waals surface area contributed by atoms with Crippen LogP contribution in [0.1, 0.15) is 13.8 Å². The first-order chi connectivity index (χ1) is 8.38. The first kappa shape index (κ1) is 15.0. The highest BCUT2D eigenvalue weighted by Crippen LogP contribution is 2.23. The minimum absolute atomic E-state index is 0.0443. The van der Waals surface area contributed by atoms with E-state index in [-0.39, 0.29) is 22.3 Å². The Hall–Kier alpha value is -1.07. The van der Waals surface area contributed by atoms with Crippen LogP contribution in [0.15, 0.2) is 29.2 Å². The minimum Gasteiger partial charge on any atom is -0.466 e. The van der Waals surface area contributed by atoms with E-state index in [1.54, 1.807) is 19.1 Å². The first-order valence-electron chi connectivity index (χ1n) is 5.52. The monoisotopic (exact) mass is 290 g/mol. The SMILES string of the molecule is CCOC(=O)C(C)CS(=O)(=O)c1ccccc1Cl. The molecule has 0 fully saturated rings. The number of benzene rings is 1. The predicted molar refractivity (Wildman–Crippen MR) is 69.3 cm³/mol. The smallest absolute Gasteiger partial charge is 0.309 e. The van der Waals surface area contributed by atoms with E-state index in [1.807, 2.05) is 0 Å². The summed E-state index contributed by atoms with van der Waals surface area (Å²) in [7, 11) is -3.59. The molecule has 0 spiro atoms. The van der Waals surface area contributed by atoms with Crippen LogP contribution in [0.25, 0.3) is 0 Å². The molecular formula is C12H15ClO4S. The Bertz CT molecular complexity index is 525. The van der Waals surface area contributed by atoms with Gasteiger partial charge in [-0.1, -0.05) is 30.7 Å². The molecule has 1 aromatic rings. The molecule has 0 aliphatic heterocycles. The zero-order valence-corrected chi connectivity index (χ0v) is 11.8. The van der Waals surface area contributed by atoms with Crippen molar-refractivity contribution in [2.24, 2.45) is 5.92 Å². The van der Waals surface area contributed by atoms with Crippen molar-refractivity contribution in [2.45, 2.75) is 18.7 Å². The second kappa shape index (κ2) is 6.20. The Morgan fingerprint density at radius 1 is 1.39 bits per heavy atom. The average molecular weight is 291 g/mol. The number of esters is 1. The fourth-order valence-corrected chi connectivity index (χ4v) is 3.58. The molecule has 0 saturated heterocycles. The van der Waals surface area contributed by atoms with Crippen molar-refractivity contribution in [3.05, 3.63) is 29.3 Å². The largest absolute Gasteiger partial charge is 0.466 e. The van der Waals surface area contributed by atoms with Crippen LogP contribution in [-0.2, 0) is 19.4 Å². The van der Waals surface area contributed by atoms with Gasteiger partial charge in [0.2, 0.25) is 0 Å². The molecule has 0 amide bonds. The predicted octanol–water partition coefficient (Wildman–Crippen LogP) is 2.31. The third-order valence-electron chi connectivity index (χ3n) is 2.33. The molecule has 1 unspecified atom stereocenters. The lowest BCUT2D eigenvalue weighted by Crippen LogP contribution is -2.23. The summed E-state index contributed by atoms with van der Waals surface area (Å²) in [6.45, 7) is 3.43. The lowest BCUT2D eigenvalue weighted by atomic mass is 10.2. The highest BCUT2D eigenvalue weighted by Gasteiger charge is 2.25. The van der Waals surface area contributed by atoms with Crippen LogP contribution in [-0.4, -0.2) is 26.7 Å². The van der Waals surface area contributed by atoms with Gasteiger partial charge in [-0.15, -0.1) is 0 Å². The Morgan fingerprint density at radius 2 is 2.00 bits per heavy atom. The maximum Gasteiger partial charge on any atom is 0.309 e. The summed E-state index contributed by atoms with van der Waals surface area (Å²) in [4.78, 5) is 11.5. The van der Waals surface area contributed by atoms with Crippen molar-refractivity contribution in [2.75, 3.05) is 12.4 Å². The van der Waals surface area contributed by atoms with E-state index in [0.717, 1.165) is 0 Å². The fourth-order valence-electron chi connectivity index (χ4n) is 1.47. The average Bonchev–Trinajstić information content (AvgIpc) is 2.29. The molecule has 0 saturated carbocycles. The molecule has 1 atom stereocenters. The molecule has 1 rings (SSSR count). The van der Waals surface area contributed by atoms with Gasteiger partial charge in [0.05, 0.1) is 28.2 Å². The number of hydrogen-bond acceptors (Lipinski definition) is 4. The number of ether oxygens (including phenoxy) is 1. The van der Waals surface area contributed by atoms with E-state index in [0.29, 0.717) is 0 Å². The zero-order valence-electron chi connectivity index (χ0n) is 10.2. The van der Waals surface area contributed by atoms with Crippen LogP contribution < -0.4 is 0 Å². The lowest BCUT2D eigenvalue weighted by Gasteiger charge is -2.11. The topological polar surface area (TPSA) is 60.4 Å². The van der Waals surface area contributed by atoms with Gasteiger partial charge in [0, 0.05) is 0 Å². The molecule has 0 aromatic heterocycles. The van der Waals surface area contributed by atoms with Crippen LogP contribution in [0, 0.1) is 5.92 Å². The summed E-state index contributed by atoms with van der Waals surface area (Å²) < 4.78 is 28.9. The number of hydrogen-bond donors (Lipinski definition) is 0. The van der Waals surface area contributed by atoms with Crippen molar-refractivity contribution < 1.29 is 17.9 Å². The van der Waals surface area contributed by atoms with Gasteiger partial charge in [-0.05, 0) is 19.1 Å². The number of rotatable bonds is 5. The standard InChI is InChI=1S/C12H15ClO4S/c1-3-17-12(14)9(2)8-18(15,16)11-7-5-4-6-10(11)13/h4-7,9H,3,8H2,1-2H3. The van der Waals surface area contributed by atoms with Gasteiger partial charge in [0.15, 0.2) is 9.84 Å². The quantitative estimate of drug-likeness (QED) is 0.781. The third-order valence-corrected chi connectivity index (χ3v) is 4.74. The van der Waals surface area contributed by atoms with E-state index in [4.69, 9.17) is 16.3 Å². The molecule has 6 heteroatoms. The summed E-state index contributed by atoms with van der Waals surface area (Å²) >= 11 is 5.84. The summed E-state index contributed by atoms with van der Waals surface area (Å²) in [5.74, 6) is -1.55. The summed E-state index contributed by atoms with van der Waals surface area (Å²) in [6.07, 6.45) is 0. The molecule has 0 aliphatic rings. The summed E-state index contributed by atoms with van der Waals surface area (Å²) in [5.41, 5.74) is 0. The third kappa shape index (κ3) is 3.71. The minimum atomic E-state index is -3.59. The number of sulfone groups is 1. The number of carbonyl (C=O) groups is 1. The summed E-state index contributed by atoms with van der Waals surface area (Å²) in [6, 6.07) is 6.17. The van der Waals surface area contributed by atoms with Crippen molar-refractivity contribution in [3.63, 3.8) is 0 Å². The number of halogens is 1. The van der Waals surface area contributed by atoms with Gasteiger partial charge in [-0.25, -0.2) is 8.42 Å². The van der Waals surface area contributed by atoms with E-state index in [1.165, 1.54) is 19.1 Å². The van der Waals surface area contributed by atoms with Gasteiger partial charge in [0.1, 0.15) is 0 Å². The molecule has 0 bridgehead atoms. The van der Waals surface area contributed by atoms with Crippen molar-refractivity contribution in [3.8, 4) is 0 Å². The van der Waals surface area contributed by atoms with E-state index >= 15 is 0 Å². The van der Waals surface area contributed by atoms with E-state index in [2.05, 4.69) is 0 Å². The van der Waals surface area contributed by atoms with Crippen LogP contribution in [0.3, 0.4) is 0 Å². The Balaban J connectivity index is 2.90. The van der Waals surface area contributed by atoms with Crippen molar-refractivity contribution >= 4 is 27.4 Å². The molecule has 1 aromatic carbocycles. The highest BCUT2D eigenvalue weighted by atomic mass is 35.5. The van der Waals surface area contributed by atoms with Crippen LogP contribution in [0.4, 0.5) is 0 Å². The second-order valence-electron chi connectivity index (χ2n) is 3.86. The molecule has 18 heavy (non-hydrogen) atoms. The Kier molecular flexibility index (Phi) is 5.16. The fraction of sp³-hybridized carbons (Fsp3) is 0.417. The molecular weight excluding hydrogens is 276 g/mol. The molecule has 0 N–H and O–H groups in total. The van der Waals surface area contributed by atoms with Gasteiger partial charge in [0.25, 0.3) is 0 Å². The van der Waals surface area contributed by atoms with Crippen molar-refractivity contribution in [1.82, 2.24) is 0 Å². The maximum atomic E-state index is 12.1. The molecule has 100 valence electrons. The molecule has 0 aliphatic carbocycles. The Morgan fingerprint density at radius 3 is 2.56 bits per heavy atom. The maximum absolute atomic E-state index is 12.1. The van der Waals surface area contributed by atoms with Crippen LogP contribution in [0.5, 0.6) is 0 Å². The second-order valence-corrected chi connectivity index (χ2v) is 6.27. The zero-order chi connectivity index (χ0) is 13.8.